The van der Waals surface area contributed by atoms with Crippen molar-refractivity contribution < 1.29 is 12.6 Å². The maximum absolute atomic E-state index is 12.0. The first-order valence-corrected chi connectivity index (χ1v) is 9.43. The van der Waals surface area contributed by atoms with Crippen LogP contribution in [0.4, 0.5) is 0 Å². The highest BCUT2D eigenvalue weighted by atomic mass is 32.2. The highest BCUT2D eigenvalue weighted by Crippen LogP contribution is 2.13. The van der Waals surface area contributed by atoms with Crippen LogP contribution in [0.1, 0.15) is 20.3 Å². The number of sulfone groups is 1. The van der Waals surface area contributed by atoms with Crippen molar-refractivity contribution in [1.82, 2.24) is 5.32 Å². The summed E-state index contributed by atoms with van der Waals surface area (Å²) in [7, 11) is -4.25. The van der Waals surface area contributed by atoms with Crippen LogP contribution < -0.4 is 5.32 Å². The van der Waals surface area contributed by atoms with Crippen LogP contribution in [0.3, 0.4) is 0 Å². The summed E-state index contributed by atoms with van der Waals surface area (Å²) in [6, 6.07) is 6.71. The first kappa shape index (κ1) is 16.3. The summed E-state index contributed by atoms with van der Waals surface area (Å²) in [6.45, 7) is 4.98. The molecule has 0 bridgehead atoms. The van der Waals surface area contributed by atoms with E-state index in [2.05, 4.69) is 19.2 Å². The van der Waals surface area contributed by atoms with Crippen molar-refractivity contribution in [2.75, 3.05) is 18.6 Å². The molecule has 1 atom stereocenters. The SMILES string of the molecule is CC(C)NCCCS(=O)c1ccc(S(C)(=O)=O)cc1. The minimum atomic E-state index is -3.18. The zero-order chi connectivity index (χ0) is 14.5. The molecule has 1 aromatic rings. The van der Waals surface area contributed by atoms with E-state index in [0.717, 1.165) is 19.2 Å². The fourth-order valence-electron chi connectivity index (χ4n) is 1.55. The Kier molecular flexibility index (Phi) is 6.16. The van der Waals surface area contributed by atoms with Crippen molar-refractivity contribution in [2.45, 2.75) is 36.1 Å². The average Bonchev–Trinajstić information content (AvgIpc) is 2.33. The minimum Gasteiger partial charge on any atom is -0.315 e. The molecular weight excluding hydrogens is 282 g/mol. The molecule has 1 rings (SSSR count). The Morgan fingerprint density at radius 3 is 2.26 bits per heavy atom. The lowest BCUT2D eigenvalue weighted by Gasteiger charge is -2.07. The molecule has 0 amide bonds. The topological polar surface area (TPSA) is 63.2 Å². The number of nitrogens with one attached hydrogen (secondary N) is 1. The van der Waals surface area contributed by atoms with Gasteiger partial charge in [0.1, 0.15) is 0 Å². The van der Waals surface area contributed by atoms with Gasteiger partial charge in [0.05, 0.1) is 15.7 Å². The fraction of sp³-hybridized carbons (Fsp3) is 0.538. The van der Waals surface area contributed by atoms with Crippen LogP contribution in [0, 0.1) is 0 Å². The monoisotopic (exact) mass is 303 g/mol. The van der Waals surface area contributed by atoms with E-state index in [1.165, 1.54) is 12.1 Å². The van der Waals surface area contributed by atoms with Crippen molar-refractivity contribution >= 4 is 20.6 Å². The maximum atomic E-state index is 12.0. The van der Waals surface area contributed by atoms with Gasteiger partial charge >= 0.3 is 0 Å². The molecule has 0 fully saturated rings. The molecule has 1 N–H and O–H groups in total. The van der Waals surface area contributed by atoms with Crippen LogP contribution in [0.2, 0.25) is 0 Å². The summed E-state index contributed by atoms with van der Waals surface area (Å²) in [5.41, 5.74) is 0. The van der Waals surface area contributed by atoms with Crippen molar-refractivity contribution in [3.8, 4) is 0 Å². The third-order valence-corrected chi connectivity index (χ3v) is 5.16. The molecule has 0 aliphatic rings. The van der Waals surface area contributed by atoms with Gasteiger partial charge in [-0.15, -0.1) is 0 Å². The molecule has 0 saturated carbocycles. The van der Waals surface area contributed by atoms with Crippen molar-refractivity contribution in [3.63, 3.8) is 0 Å². The van der Waals surface area contributed by atoms with Gasteiger partial charge in [-0.25, -0.2) is 8.42 Å². The number of rotatable bonds is 7. The first-order chi connectivity index (χ1) is 8.80. The Morgan fingerprint density at radius 2 is 1.79 bits per heavy atom. The molecule has 1 unspecified atom stereocenters. The largest absolute Gasteiger partial charge is 0.315 e. The molecule has 0 aliphatic heterocycles. The minimum absolute atomic E-state index is 0.259. The normalized spacial score (nSPS) is 13.7. The van der Waals surface area contributed by atoms with E-state index in [1.807, 2.05) is 0 Å². The number of hydrogen-bond donors (Lipinski definition) is 1. The molecule has 1 aromatic carbocycles. The van der Waals surface area contributed by atoms with Crippen LogP contribution >= 0.6 is 0 Å². The van der Waals surface area contributed by atoms with E-state index in [9.17, 15) is 12.6 Å². The average molecular weight is 303 g/mol. The Balaban J connectivity index is 2.54. The molecule has 108 valence electrons. The van der Waals surface area contributed by atoms with Crippen LogP contribution in [0.5, 0.6) is 0 Å². The van der Waals surface area contributed by atoms with Gasteiger partial charge in [-0.05, 0) is 37.2 Å². The van der Waals surface area contributed by atoms with Gasteiger partial charge in [0.25, 0.3) is 0 Å². The number of benzene rings is 1. The second-order valence-corrected chi connectivity index (χ2v) is 8.34. The van der Waals surface area contributed by atoms with E-state index in [1.54, 1.807) is 12.1 Å². The quantitative estimate of drug-likeness (QED) is 0.777. The molecular formula is C13H21NO3S2. The summed E-state index contributed by atoms with van der Waals surface area (Å²) in [5.74, 6) is 0.581. The van der Waals surface area contributed by atoms with E-state index in [4.69, 9.17) is 0 Å². The summed E-state index contributed by atoms with van der Waals surface area (Å²) in [5, 5.41) is 3.27. The van der Waals surface area contributed by atoms with Gasteiger partial charge in [-0.2, -0.15) is 0 Å². The molecule has 0 aliphatic carbocycles. The zero-order valence-corrected chi connectivity index (χ0v) is 13.2. The van der Waals surface area contributed by atoms with Gasteiger partial charge < -0.3 is 5.32 Å². The number of hydrogen-bond acceptors (Lipinski definition) is 4. The molecule has 0 saturated heterocycles. The molecule has 4 nitrogen and oxygen atoms in total. The Morgan fingerprint density at radius 1 is 1.21 bits per heavy atom. The van der Waals surface area contributed by atoms with E-state index < -0.39 is 20.6 Å². The molecule has 6 heteroatoms. The first-order valence-electron chi connectivity index (χ1n) is 6.22. The van der Waals surface area contributed by atoms with Gasteiger partial charge in [-0.1, -0.05) is 13.8 Å². The predicted molar refractivity (Wildman–Crippen MR) is 78.6 cm³/mol. The van der Waals surface area contributed by atoms with E-state index >= 15 is 0 Å². The maximum Gasteiger partial charge on any atom is 0.175 e. The highest BCUT2D eigenvalue weighted by molar-refractivity contribution is 7.90. The highest BCUT2D eigenvalue weighted by Gasteiger charge is 2.08. The summed E-state index contributed by atoms with van der Waals surface area (Å²) in [6.07, 6.45) is 2.00. The second kappa shape index (κ2) is 7.17. The lowest BCUT2D eigenvalue weighted by molar-refractivity contribution is 0.583. The van der Waals surface area contributed by atoms with Crippen molar-refractivity contribution in [1.29, 1.82) is 0 Å². The van der Waals surface area contributed by atoms with Crippen molar-refractivity contribution in [2.24, 2.45) is 0 Å². The summed E-state index contributed by atoms with van der Waals surface area (Å²) < 4.78 is 34.6. The zero-order valence-electron chi connectivity index (χ0n) is 11.5. The Labute approximate surface area is 118 Å². The molecule has 0 radical (unpaired) electrons. The summed E-state index contributed by atoms with van der Waals surface area (Å²) >= 11 is 0. The van der Waals surface area contributed by atoms with Crippen molar-refractivity contribution in [3.05, 3.63) is 24.3 Å². The van der Waals surface area contributed by atoms with Gasteiger partial charge in [0, 0.05) is 22.9 Å². The Hall–Kier alpha value is -0.720. The lowest BCUT2D eigenvalue weighted by Crippen LogP contribution is -2.24. The van der Waals surface area contributed by atoms with Crippen LogP contribution in [0.25, 0.3) is 0 Å². The van der Waals surface area contributed by atoms with Gasteiger partial charge in [-0.3, -0.25) is 4.21 Å². The smallest absolute Gasteiger partial charge is 0.175 e. The fourth-order valence-corrected chi connectivity index (χ4v) is 3.26. The molecule has 0 aromatic heterocycles. The van der Waals surface area contributed by atoms with Gasteiger partial charge in [0.15, 0.2) is 9.84 Å². The Bertz CT molecular complexity index is 521. The van der Waals surface area contributed by atoms with Gasteiger partial charge in [0.2, 0.25) is 0 Å². The predicted octanol–water partition coefficient (Wildman–Crippen LogP) is 1.59. The summed E-state index contributed by atoms with van der Waals surface area (Å²) in [4.78, 5) is 0.937. The second-order valence-electron chi connectivity index (χ2n) is 4.76. The molecule has 19 heavy (non-hydrogen) atoms. The van der Waals surface area contributed by atoms with Crippen LogP contribution in [-0.2, 0) is 20.6 Å². The third kappa shape index (κ3) is 5.84. The molecule has 0 spiro atoms. The van der Waals surface area contributed by atoms with E-state index in [0.29, 0.717) is 16.7 Å². The van der Waals surface area contributed by atoms with Crippen LogP contribution in [-0.4, -0.2) is 37.2 Å². The molecule has 0 heterocycles. The van der Waals surface area contributed by atoms with Crippen LogP contribution in [0.15, 0.2) is 34.1 Å². The van der Waals surface area contributed by atoms with E-state index in [-0.39, 0.29) is 4.90 Å². The lowest BCUT2D eigenvalue weighted by atomic mass is 10.4. The third-order valence-electron chi connectivity index (χ3n) is 2.57. The standard InChI is InChI=1S/C13H21NO3S2/c1-11(2)14-9-4-10-18(15)12-5-7-13(8-6-12)19(3,16)17/h5-8,11,14H,4,9-10H2,1-3H3.